The molecule has 0 aromatic carbocycles. The molecular weight excluding hydrogens is 306 g/mol. The van der Waals surface area contributed by atoms with E-state index in [1.807, 2.05) is 0 Å². The molecule has 1 aliphatic rings. The fourth-order valence-electron chi connectivity index (χ4n) is 2.05. The van der Waals surface area contributed by atoms with Gasteiger partial charge in [-0.2, -0.15) is 4.31 Å². The molecule has 1 aliphatic heterocycles. The molecule has 112 valence electrons. The van der Waals surface area contributed by atoms with Crippen LogP contribution in [0, 0.1) is 6.92 Å². The first kappa shape index (κ1) is 15.4. The fraction of sp³-hybridized carbons (Fsp3) is 0.545. The maximum Gasteiger partial charge on any atom is 0.349 e. The number of carbonyl (C=O) groups is 1. The number of esters is 1. The van der Waals surface area contributed by atoms with Gasteiger partial charge in [-0.1, -0.05) is 0 Å². The highest BCUT2D eigenvalue weighted by molar-refractivity contribution is 7.89. The van der Waals surface area contributed by atoms with Crippen LogP contribution in [0.3, 0.4) is 0 Å². The largest absolute Gasteiger partial charge is 0.465 e. The van der Waals surface area contributed by atoms with Gasteiger partial charge in [0.1, 0.15) is 9.77 Å². The van der Waals surface area contributed by atoms with Gasteiger partial charge in [0.25, 0.3) is 0 Å². The van der Waals surface area contributed by atoms with E-state index in [0.717, 1.165) is 15.6 Å². The summed E-state index contributed by atoms with van der Waals surface area (Å²) in [5.41, 5.74) is 0.436. The number of hydrogen-bond donors (Lipinski definition) is 2. The lowest BCUT2D eigenvalue weighted by Gasteiger charge is -2.16. The van der Waals surface area contributed by atoms with Crippen LogP contribution in [0.25, 0.3) is 0 Å². The Bertz CT molecular complexity index is 613. The van der Waals surface area contributed by atoms with Crippen molar-refractivity contribution < 1.29 is 28.2 Å². The second-order valence-corrected chi connectivity index (χ2v) is 7.28. The lowest BCUT2D eigenvalue weighted by atomic mass is 10.3. The van der Waals surface area contributed by atoms with Crippen LogP contribution in [-0.4, -0.2) is 61.3 Å². The zero-order valence-electron chi connectivity index (χ0n) is 10.9. The first-order chi connectivity index (χ1) is 9.28. The molecule has 20 heavy (non-hydrogen) atoms. The lowest BCUT2D eigenvalue weighted by molar-refractivity contribution is 0.0572. The van der Waals surface area contributed by atoms with Crippen molar-refractivity contribution in [2.45, 2.75) is 24.0 Å². The van der Waals surface area contributed by atoms with E-state index in [1.54, 1.807) is 12.3 Å². The fourth-order valence-corrected chi connectivity index (χ4v) is 5.18. The normalized spacial score (nSPS) is 24.0. The highest BCUT2D eigenvalue weighted by atomic mass is 32.2. The monoisotopic (exact) mass is 321 g/mol. The number of thiophene rings is 1. The topological polar surface area (TPSA) is 104 Å². The number of sulfonamides is 1. The van der Waals surface area contributed by atoms with E-state index in [0.29, 0.717) is 5.56 Å². The number of rotatable bonds is 3. The Labute approximate surface area is 120 Å². The van der Waals surface area contributed by atoms with Crippen LogP contribution in [0.1, 0.15) is 15.2 Å². The first-order valence-corrected chi connectivity index (χ1v) is 8.13. The van der Waals surface area contributed by atoms with Crippen molar-refractivity contribution in [2.75, 3.05) is 20.2 Å². The van der Waals surface area contributed by atoms with Crippen molar-refractivity contribution in [2.24, 2.45) is 0 Å². The van der Waals surface area contributed by atoms with Crippen molar-refractivity contribution in [1.82, 2.24) is 4.31 Å². The smallest absolute Gasteiger partial charge is 0.349 e. The number of aliphatic hydroxyl groups excluding tert-OH is 2. The summed E-state index contributed by atoms with van der Waals surface area (Å²) in [6.07, 6.45) is -2.24. The summed E-state index contributed by atoms with van der Waals surface area (Å²) < 4.78 is 30.7. The molecule has 0 amide bonds. The number of aryl methyl sites for hydroxylation is 1. The highest BCUT2D eigenvalue weighted by Gasteiger charge is 2.40. The molecule has 2 rings (SSSR count). The number of nitrogens with zero attached hydrogens (tertiary/aromatic N) is 1. The SMILES string of the molecule is COC(=O)c1scc(C)c1S(=O)(=O)N1CC(O)C(O)C1. The van der Waals surface area contributed by atoms with Gasteiger partial charge in [0.15, 0.2) is 0 Å². The van der Waals surface area contributed by atoms with E-state index >= 15 is 0 Å². The Morgan fingerprint density at radius 1 is 1.40 bits per heavy atom. The summed E-state index contributed by atoms with van der Waals surface area (Å²) in [7, 11) is -2.78. The Morgan fingerprint density at radius 2 is 1.95 bits per heavy atom. The summed E-state index contributed by atoms with van der Waals surface area (Å²) in [5.74, 6) is -0.720. The maximum atomic E-state index is 12.6. The molecule has 1 aromatic heterocycles. The minimum absolute atomic E-state index is 0.000814. The van der Waals surface area contributed by atoms with E-state index in [4.69, 9.17) is 0 Å². The molecule has 1 saturated heterocycles. The van der Waals surface area contributed by atoms with Crippen LogP contribution in [-0.2, 0) is 14.8 Å². The van der Waals surface area contributed by atoms with E-state index in [1.165, 1.54) is 7.11 Å². The van der Waals surface area contributed by atoms with E-state index < -0.39 is 28.2 Å². The Balaban J connectivity index is 2.45. The number of β-amino-alcohol motifs (C(OH)–C–C–N with tert-alkyl or cyclic N) is 2. The lowest BCUT2D eigenvalue weighted by Crippen LogP contribution is -2.31. The molecule has 0 aliphatic carbocycles. The maximum absolute atomic E-state index is 12.6. The zero-order chi connectivity index (χ0) is 15.1. The number of aliphatic hydroxyl groups is 2. The van der Waals surface area contributed by atoms with Crippen molar-refractivity contribution in [3.05, 3.63) is 15.8 Å². The van der Waals surface area contributed by atoms with Crippen LogP contribution in [0.5, 0.6) is 0 Å². The average Bonchev–Trinajstić information content (AvgIpc) is 2.93. The van der Waals surface area contributed by atoms with Gasteiger partial charge in [-0.25, -0.2) is 13.2 Å². The summed E-state index contributed by atoms with van der Waals surface area (Å²) in [6, 6.07) is 0. The van der Waals surface area contributed by atoms with E-state index in [2.05, 4.69) is 4.74 Å². The van der Waals surface area contributed by atoms with Gasteiger partial charge in [-0.05, 0) is 17.9 Å². The molecule has 0 saturated carbocycles. The van der Waals surface area contributed by atoms with Crippen LogP contribution in [0.2, 0.25) is 0 Å². The van der Waals surface area contributed by atoms with Gasteiger partial charge in [0.05, 0.1) is 19.3 Å². The number of ether oxygens (including phenoxy) is 1. The number of hydrogen-bond acceptors (Lipinski definition) is 7. The van der Waals surface area contributed by atoms with Gasteiger partial charge < -0.3 is 14.9 Å². The van der Waals surface area contributed by atoms with Gasteiger partial charge >= 0.3 is 5.97 Å². The Morgan fingerprint density at radius 3 is 2.45 bits per heavy atom. The van der Waals surface area contributed by atoms with Crippen LogP contribution in [0.15, 0.2) is 10.3 Å². The van der Waals surface area contributed by atoms with Crippen molar-refractivity contribution in [3.63, 3.8) is 0 Å². The molecule has 2 heterocycles. The van der Waals surface area contributed by atoms with E-state index in [9.17, 15) is 23.4 Å². The molecule has 2 atom stereocenters. The third-order valence-corrected chi connectivity index (χ3v) is 6.34. The van der Waals surface area contributed by atoms with Gasteiger partial charge in [-0.3, -0.25) is 0 Å². The average molecular weight is 321 g/mol. The zero-order valence-corrected chi connectivity index (χ0v) is 12.6. The first-order valence-electron chi connectivity index (χ1n) is 5.81. The Hall–Kier alpha value is -1.00. The molecule has 2 unspecified atom stereocenters. The van der Waals surface area contributed by atoms with Crippen molar-refractivity contribution in [3.8, 4) is 0 Å². The third kappa shape index (κ3) is 2.47. The molecule has 2 N–H and O–H groups in total. The van der Waals surface area contributed by atoms with Crippen LogP contribution < -0.4 is 0 Å². The Kier molecular flexibility index (Phi) is 4.17. The van der Waals surface area contributed by atoms with Crippen molar-refractivity contribution in [1.29, 1.82) is 0 Å². The highest BCUT2D eigenvalue weighted by Crippen LogP contribution is 2.31. The molecule has 1 fully saturated rings. The summed E-state index contributed by atoms with van der Waals surface area (Å²) in [5, 5.41) is 20.5. The van der Waals surface area contributed by atoms with Crippen molar-refractivity contribution >= 4 is 27.3 Å². The van der Waals surface area contributed by atoms with Crippen LogP contribution in [0.4, 0.5) is 0 Å². The minimum atomic E-state index is -3.95. The molecule has 0 radical (unpaired) electrons. The predicted octanol–water partition coefficient (Wildman–Crippen LogP) is -0.431. The molecule has 1 aromatic rings. The van der Waals surface area contributed by atoms with Gasteiger partial charge in [0, 0.05) is 13.1 Å². The standard InChI is InChI=1S/C11H15NO6S2/c1-6-5-19-9(11(15)18-2)10(6)20(16,17)12-3-7(13)8(14)4-12/h5,7-8,13-14H,3-4H2,1-2H3. The number of carbonyl (C=O) groups excluding carboxylic acids is 1. The van der Waals surface area contributed by atoms with Gasteiger partial charge in [0.2, 0.25) is 10.0 Å². The quantitative estimate of drug-likeness (QED) is 0.732. The second-order valence-electron chi connectivity index (χ2n) is 4.53. The molecule has 7 nitrogen and oxygen atoms in total. The van der Waals surface area contributed by atoms with Crippen LogP contribution >= 0.6 is 11.3 Å². The molecule has 9 heteroatoms. The summed E-state index contributed by atoms with van der Waals surface area (Å²) in [6.45, 7) is 1.19. The predicted molar refractivity (Wildman–Crippen MR) is 71.2 cm³/mol. The molecule has 0 spiro atoms. The molecular formula is C11H15NO6S2. The van der Waals surface area contributed by atoms with E-state index in [-0.39, 0.29) is 22.9 Å². The molecule has 0 bridgehead atoms. The second kappa shape index (κ2) is 5.41. The van der Waals surface area contributed by atoms with Gasteiger partial charge in [-0.15, -0.1) is 11.3 Å². The number of methoxy groups -OCH3 is 1. The minimum Gasteiger partial charge on any atom is -0.465 e. The summed E-state index contributed by atoms with van der Waals surface area (Å²) >= 11 is 0.991. The third-order valence-electron chi connectivity index (χ3n) is 3.11. The summed E-state index contributed by atoms with van der Waals surface area (Å²) in [4.78, 5) is 11.5.